The number of thioether (sulfide) groups is 1. The van der Waals surface area contributed by atoms with Crippen molar-refractivity contribution >= 4 is 27.7 Å². The topological polar surface area (TPSA) is 103 Å². The lowest BCUT2D eigenvalue weighted by atomic mass is 10.1. The first-order valence-corrected chi connectivity index (χ1v) is 13.0. The Morgan fingerprint density at radius 2 is 1.78 bits per heavy atom. The number of hydrogen-bond acceptors (Lipinski definition) is 6. The van der Waals surface area contributed by atoms with Crippen LogP contribution in [0.1, 0.15) is 47.2 Å². The fourth-order valence-corrected chi connectivity index (χ4v) is 6.00. The molecule has 2 aromatic rings. The lowest BCUT2D eigenvalue weighted by Crippen LogP contribution is -2.35. The number of carbonyl (C=O) groups is 1. The molecule has 1 aliphatic rings. The van der Waals surface area contributed by atoms with Crippen molar-refractivity contribution in [2.75, 3.05) is 18.8 Å². The summed E-state index contributed by atoms with van der Waals surface area (Å²) >= 11 is 1.24. The maximum atomic E-state index is 12.7. The molecule has 0 bridgehead atoms. The van der Waals surface area contributed by atoms with Crippen LogP contribution >= 0.6 is 11.8 Å². The van der Waals surface area contributed by atoms with Gasteiger partial charge in [-0.3, -0.25) is 4.79 Å². The lowest BCUT2D eigenvalue weighted by Gasteiger charge is -2.25. The number of rotatable bonds is 7. The minimum Gasteiger partial charge on any atom is -0.351 e. The molecule has 3 rings (SSSR count). The van der Waals surface area contributed by atoms with Crippen molar-refractivity contribution < 1.29 is 13.2 Å². The van der Waals surface area contributed by atoms with Gasteiger partial charge in [0.05, 0.1) is 16.2 Å². The molecule has 0 saturated carbocycles. The summed E-state index contributed by atoms with van der Waals surface area (Å²) < 4.78 is 27.0. The molecule has 0 aliphatic carbocycles. The van der Waals surface area contributed by atoms with Crippen molar-refractivity contribution in [3.05, 3.63) is 52.2 Å². The number of nitriles is 1. The fourth-order valence-electron chi connectivity index (χ4n) is 3.57. The second-order valence-corrected chi connectivity index (χ2v) is 10.8. The van der Waals surface area contributed by atoms with E-state index in [9.17, 15) is 18.5 Å². The molecule has 1 fully saturated rings. The van der Waals surface area contributed by atoms with E-state index in [0.29, 0.717) is 30.2 Å². The van der Waals surface area contributed by atoms with Crippen LogP contribution in [-0.2, 0) is 21.4 Å². The van der Waals surface area contributed by atoms with Crippen molar-refractivity contribution in [1.29, 1.82) is 5.26 Å². The molecule has 0 unspecified atom stereocenters. The standard InChI is InChI=1S/C23H28N4O3S2/c1-16-17(2)21(13-24)23(26-18(16)3)31-15-22(28)25-14-19-7-9-20(10-8-19)32(29,30)27-11-5-4-6-12-27/h7-10H,4-6,11-12,14-15H2,1-3H3,(H,25,28). The molecule has 1 aromatic carbocycles. The molecule has 2 heterocycles. The number of aryl methyl sites for hydroxylation is 1. The summed E-state index contributed by atoms with van der Waals surface area (Å²) in [6, 6.07) is 8.84. The Labute approximate surface area is 194 Å². The number of piperidine rings is 1. The van der Waals surface area contributed by atoms with Gasteiger partial charge in [-0.05, 0) is 62.4 Å². The second kappa shape index (κ2) is 10.5. The molecular formula is C23H28N4O3S2. The number of carbonyl (C=O) groups excluding carboxylic acids is 1. The van der Waals surface area contributed by atoms with E-state index in [0.717, 1.165) is 41.6 Å². The van der Waals surface area contributed by atoms with Gasteiger partial charge in [-0.25, -0.2) is 13.4 Å². The van der Waals surface area contributed by atoms with Crippen molar-refractivity contribution in [1.82, 2.24) is 14.6 Å². The quantitative estimate of drug-likeness (QED) is 0.619. The number of sulfonamides is 1. The van der Waals surface area contributed by atoms with Crippen LogP contribution in [0.4, 0.5) is 0 Å². The highest BCUT2D eigenvalue weighted by atomic mass is 32.2. The van der Waals surface area contributed by atoms with E-state index in [2.05, 4.69) is 16.4 Å². The Balaban J connectivity index is 1.56. The summed E-state index contributed by atoms with van der Waals surface area (Å²) in [6.45, 7) is 7.15. The zero-order valence-electron chi connectivity index (χ0n) is 18.6. The average Bonchev–Trinajstić information content (AvgIpc) is 2.80. The van der Waals surface area contributed by atoms with Gasteiger partial charge in [0.1, 0.15) is 11.1 Å². The highest BCUT2D eigenvalue weighted by molar-refractivity contribution is 8.00. The maximum Gasteiger partial charge on any atom is 0.243 e. The number of hydrogen-bond donors (Lipinski definition) is 1. The second-order valence-electron chi connectivity index (χ2n) is 7.91. The van der Waals surface area contributed by atoms with Crippen LogP contribution in [0.2, 0.25) is 0 Å². The van der Waals surface area contributed by atoms with Crippen LogP contribution in [0.5, 0.6) is 0 Å². The van der Waals surface area contributed by atoms with Crippen molar-refractivity contribution in [3.63, 3.8) is 0 Å². The Hall–Kier alpha value is -2.41. The highest BCUT2D eigenvalue weighted by Gasteiger charge is 2.25. The third kappa shape index (κ3) is 5.49. The molecule has 0 spiro atoms. The SMILES string of the molecule is Cc1nc(SCC(=O)NCc2ccc(S(=O)(=O)N3CCCCC3)cc2)c(C#N)c(C)c1C. The summed E-state index contributed by atoms with van der Waals surface area (Å²) in [5, 5.41) is 12.8. The van der Waals surface area contributed by atoms with Gasteiger partial charge in [0.15, 0.2) is 0 Å². The molecule has 1 aliphatic heterocycles. The van der Waals surface area contributed by atoms with Crippen LogP contribution in [0.25, 0.3) is 0 Å². The molecular weight excluding hydrogens is 444 g/mol. The van der Waals surface area contributed by atoms with E-state index in [1.54, 1.807) is 28.6 Å². The van der Waals surface area contributed by atoms with Crippen LogP contribution in [0.3, 0.4) is 0 Å². The molecule has 0 atom stereocenters. The predicted octanol–water partition coefficient (Wildman–Crippen LogP) is 3.46. The number of benzene rings is 1. The Morgan fingerprint density at radius 1 is 1.12 bits per heavy atom. The zero-order valence-corrected chi connectivity index (χ0v) is 20.3. The summed E-state index contributed by atoms with van der Waals surface area (Å²) in [4.78, 5) is 17.1. The molecule has 1 saturated heterocycles. The van der Waals surface area contributed by atoms with Gasteiger partial charge in [0.25, 0.3) is 0 Å². The van der Waals surface area contributed by atoms with Gasteiger partial charge in [-0.2, -0.15) is 9.57 Å². The molecule has 32 heavy (non-hydrogen) atoms. The maximum absolute atomic E-state index is 12.7. The van der Waals surface area contributed by atoms with E-state index >= 15 is 0 Å². The summed E-state index contributed by atoms with van der Waals surface area (Å²) in [6.07, 6.45) is 2.86. The highest BCUT2D eigenvalue weighted by Crippen LogP contribution is 2.26. The van der Waals surface area contributed by atoms with Gasteiger partial charge in [0, 0.05) is 25.3 Å². The van der Waals surface area contributed by atoms with Crippen LogP contribution in [0, 0.1) is 32.1 Å². The largest absolute Gasteiger partial charge is 0.351 e. The molecule has 1 aromatic heterocycles. The number of nitrogens with one attached hydrogen (secondary N) is 1. The fraction of sp³-hybridized carbons (Fsp3) is 0.435. The minimum absolute atomic E-state index is 0.144. The molecule has 170 valence electrons. The monoisotopic (exact) mass is 472 g/mol. The normalized spacial score (nSPS) is 14.7. The first kappa shape index (κ1) is 24.2. The van der Waals surface area contributed by atoms with Crippen molar-refractivity contribution in [2.45, 2.75) is 56.5 Å². The summed E-state index contributed by atoms with van der Waals surface area (Å²) in [5.41, 5.74) is 4.06. The average molecular weight is 473 g/mol. The van der Waals surface area contributed by atoms with E-state index in [4.69, 9.17) is 0 Å². The lowest BCUT2D eigenvalue weighted by molar-refractivity contribution is -0.118. The molecule has 9 heteroatoms. The number of aromatic nitrogens is 1. The van der Waals surface area contributed by atoms with Gasteiger partial charge in [0.2, 0.25) is 15.9 Å². The number of nitrogens with zero attached hydrogens (tertiary/aromatic N) is 3. The number of amides is 1. The van der Waals surface area contributed by atoms with Crippen LogP contribution in [-0.4, -0.2) is 42.5 Å². The zero-order chi connectivity index (χ0) is 23.3. The Bertz CT molecular complexity index is 1130. The van der Waals surface area contributed by atoms with E-state index in [1.807, 2.05) is 20.8 Å². The molecule has 7 nitrogen and oxygen atoms in total. The third-order valence-corrected chi connectivity index (χ3v) is 8.67. The summed E-state index contributed by atoms with van der Waals surface area (Å²) in [5.74, 6) is -0.0352. The molecule has 0 radical (unpaired) electrons. The van der Waals surface area contributed by atoms with Gasteiger partial charge in [-0.1, -0.05) is 30.3 Å². The predicted molar refractivity (Wildman–Crippen MR) is 125 cm³/mol. The van der Waals surface area contributed by atoms with Gasteiger partial charge >= 0.3 is 0 Å². The minimum atomic E-state index is -3.46. The summed E-state index contributed by atoms with van der Waals surface area (Å²) in [7, 11) is -3.46. The van der Waals surface area contributed by atoms with E-state index < -0.39 is 10.0 Å². The molecule has 1 N–H and O–H groups in total. The number of pyridine rings is 1. The van der Waals surface area contributed by atoms with Gasteiger partial charge < -0.3 is 5.32 Å². The van der Waals surface area contributed by atoms with Crippen LogP contribution < -0.4 is 5.32 Å². The first-order valence-electron chi connectivity index (χ1n) is 10.6. The smallest absolute Gasteiger partial charge is 0.243 e. The Kier molecular flexibility index (Phi) is 7.93. The molecule has 1 amide bonds. The van der Waals surface area contributed by atoms with Crippen molar-refractivity contribution in [2.24, 2.45) is 0 Å². The third-order valence-electron chi connectivity index (χ3n) is 5.78. The van der Waals surface area contributed by atoms with E-state index in [-0.39, 0.29) is 16.6 Å². The first-order chi connectivity index (χ1) is 15.2. The Morgan fingerprint density at radius 3 is 2.41 bits per heavy atom. The van der Waals surface area contributed by atoms with Crippen molar-refractivity contribution in [3.8, 4) is 6.07 Å². The van der Waals surface area contributed by atoms with Crippen LogP contribution in [0.15, 0.2) is 34.2 Å². The van der Waals surface area contributed by atoms with Gasteiger partial charge in [-0.15, -0.1) is 0 Å². The van der Waals surface area contributed by atoms with E-state index in [1.165, 1.54) is 11.8 Å².